The van der Waals surface area contributed by atoms with Crippen molar-refractivity contribution in [2.24, 2.45) is 16.8 Å². The predicted molar refractivity (Wildman–Crippen MR) is 59.0 cm³/mol. The quantitative estimate of drug-likeness (QED) is 0.253. The first kappa shape index (κ1) is 12.0. The molecule has 0 spiro atoms. The molecule has 1 amide bonds. The van der Waals surface area contributed by atoms with Crippen LogP contribution in [0.25, 0.3) is 0 Å². The van der Waals surface area contributed by atoms with Gasteiger partial charge in [-0.25, -0.2) is 0 Å². The summed E-state index contributed by atoms with van der Waals surface area (Å²) in [6, 6.07) is 0. The summed E-state index contributed by atoms with van der Waals surface area (Å²) in [4.78, 5) is 11.8. The highest BCUT2D eigenvalue weighted by Gasteiger charge is 2.22. The Morgan fingerprint density at radius 1 is 1.81 bits per heavy atom. The van der Waals surface area contributed by atoms with E-state index >= 15 is 0 Å². The average molecular weight is 225 g/mol. The number of H-pyrrole nitrogens is 1. The van der Waals surface area contributed by atoms with E-state index in [0.717, 1.165) is 6.42 Å². The van der Waals surface area contributed by atoms with Crippen LogP contribution >= 0.6 is 0 Å². The summed E-state index contributed by atoms with van der Waals surface area (Å²) in [7, 11) is 0. The average Bonchev–Trinajstić information content (AvgIpc) is 2.77. The van der Waals surface area contributed by atoms with Gasteiger partial charge in [-0.05, 0) is 6.42 Å². The summed E-state index contributed by atoms with van der Waals surface area (Å²) < 4.78 is 0. The van der Waals surface area contributed by atoms with Crippen molar-refractivity contribution in [2.75, 3.05) is 5.32 Å². The van der Waals surface area contributed by atoms with Gasteiger partial charge in [-0.15, -0.1) is 0 Å². The second kappa shape index (κ2) is 5.74. The smallest absolute Gasteiger partial charge is 0.235 e. The molecule has 1 atom stereocenters. The summed E-state index contributed by atoms with van der Waals surface area (Å²) in [5.41, 5.74) is 6.00. The lowest BCUT2D eigenvalue weighted by Crippen LogP contribution is -2.34. The van der Waals surface area contributed by atoms with Crippen LogP contribution in [0.4, 0.5) is 5.69 Å². The molecule has 0 aliphatic rings. The molecule has 0 bridgehead atoms. The second-order valence-corrected chi connectivity index (χ2v) is 3.34. The maximum absolute atomic E-state index is 11.8. The van der Waals surface area contributed by atoms with Gasteiger partial charge in [0.15, 0.2) is 5.84 Å². The molecule has 88 valence electrons. The summed E-state index contributed by atoms with van der Waals surface area (Å²) in [5.74, 6) is -1.01. The van der Waals surface area contributed by atoms with E-state index in [-0.39, 0.29) is 11.7 Å². The van der Waals surface area contributed by atoms with E-state index in [1.807, 2.05) is 6.92 Å². The number of aromatic amines is 1. The maximum atomic E-state index is 11.8. The van der Waals surface area contributed by atoms with Crippen molar-refractivity contribution >= 4 is 17.4 Å². The molecule has 1 unspecified atom stereocenters. The summed E-state index contributed by atoms with van der Waals surface area (Å²) in [5, 5.41) is 20.3. The summed E-state index contributed by atoms with van der Waals surface area (Å²) >= 11 is 0. The number of aromatic nitrogens is 2. The lowest BCUT2D eigenvalue weighted by Gasteiger charge is -2.13. The zero-order valence-electron chi connectivity index (χ0n) is 8.97. The van der Waals surface area contributed by atoms with Crippen LogP contribution in [-0.2, 0) is 4.79 Å². The molecule has 0 radical (unpaired) electrons. The number of nitrogens with two attached hydrogens (primary N) is 1. The predicted octanol–water partition coefficient (Wildman–Crippen LogP) is 0.511. The Balaban J connectivity index is 2.68. The molecule has 0 aliphatic heterocycles. The van der Waals surface area contributed by atoms with E-state index in [2.05, 4.69) is 20.7 Å². The number of amides is 1. The minimum absolute atomic E-state index is 0.0807. The van der Waals surface area contributed by atoms with E-state index in [9.17, 15) is 4.79 Å². The van der Waals surface area contributed by atoms with Gasteiger partial charge < -0.3 is 16.3 Å². The Morgan fingerprint density at radius 2 is 2.56 bits per heavy atom. The normalized spacial score (nSPS) is 13.4. The van der Waals surface area contributed by atoms with Crippen molar-refractivity contribution in [1.29, 1.82) is 0 Å². The zero-order valence-corrected chi connectivity index (χ0v) is 8.97. The van der Waals surface area contributed by atoms with Crippen LogP contribution in [-0.4, -0.2) is 27.1 Å². The molecule has 0 aromatic carbocycles. The first-order valence-corrected chi connectivity index (χ1v) is 4.96. The Morgan fingerprint density at radius 3 is 3.06 bits per heavy atom. The fourth-order valence-electron chi connectivity index (χ4n) is 1.32. The number of oxime groups is 1. The van der Waals surface area contributed by atoms with Gasteiger partial charge in [0.05, 0.1) is 17.8 Å². The van der Waals surface area contributed by atoms with Crippen molar-refractivity contribution in [2.45, 2.75) is 19.8 Å². The topological polar surface area (TPSA) is 116 Å². The van der Waals surface area contributed by atoms with Gasteiger partial charge in [0, 0.05) is 6.20 Å². The zero-order chi connectivity index (χ0) is 12.0. The highest BCUT2D eigenvalue weighted by Crippen LogP contribution is 2.11. The first-order valence-electron chi connectivity index (χ1n) is 4.96. The molecule has 0 aliphatic carbocycles. The number of hydrogen-bond acceptors (Lipinski definition) is 4. The molecule has 1 heterocycles. The molecule has 0 fully saturated rings. The summed E-state index contributed by atoms with van der Waals surface area (Å²) in [6.45, 7) is 1.92. The number of carbonyl (C=O) groups is 1. The van der Waals surface area contributed by atoms with Crippen LogP contribution in [0.15, 0.2) is 17.5 Å². The van der Waals surface area contributed by atoms with Crippen molar-refractivity contribution in [3.63, 3.8) is 0 Å². The van der Waals surface area contributed by atoms with Crippen LogP contribution in [0.2, 0.25) is 0 Å². The number of anilines is 1. The van der Waals surface area contributed by atoms with Crippen LogP contribution in [0.3, 0.4) is 0 Å². The molecule has 1 aromatic rings. The Hall–Kier alpha value is -2.05. The monoisotopic (exact) mass is 225 g/mol. The molecule has 7 nitrogen and oxygen atoms in total. The molecule has 16 heavy (non-hydrogen) atoms. The third-order valence-electron chi connectivity index (χ3n) is 2.13. The third-order valence-corrected chi connectivity index (χ3v) is 2.13. The number of nitrogens with one attached hydrogen (secondary N) is 2. The Bertz CT molecular complexity index is 360. The molecule has 0 saturated carbocycles. The van der Waals surface area contributed by atoms with E-state index in [0.29, 0.717) is 12.1 Å². The highest BCUT2D eigenvalue weighted by atomic mass is 16.4. The minimum atomic E-state index is -0.620. The molecule has 1 rings (SSSR count). The van der Waals surface area contributed by atoms with Crippen LogP contribution in [0.5, 0.6) is 0 Å². The highest BCUT2D eigenvalue weighted by molar-refractivity contribution is 6.07. The molecule has 5 N–H and O–H groups in total. The van der Waals surface area contributed by atoms with Gasteiger partial charge in [-0.1, -0.05) is 18.5 Å². The Labute approximate surface area is 92.7 Å². The lowest BCUT2D eigenvalue weighted by atomic mass is 10.0. The van der Waals surface area contributed by atoms with Gasteiger partial charge in [0.25, 0.3) is 0 Å². The Kier molecular flexibility index (Phi) is 4.31. The van der Waals surface area contributed by atoms with Crippen LogP contribution in [0, 0.1) is 5.92 Å². The lowest BCUT2D eigenvalue weighted by molar-refractivity contribution is -0.118. The van der Waals surface area contributed by atoms with Crippen LogP contribution < -0.4 is 11.1 Å². The van der Waals surface area contributed by atoms with E-state index in [4.69, 9.17) is 10.9 Å². The van der Waals surface area contributed by atoms with Crippen molar-refractivity contribution in [3.8, 4) is 0 Å². The molecule has 0 saturated heterocycles. The second-order valence-electron chi connectivity index (χ2n) is 3.34. The van der Waals surface area contributed by atoms with E-state index in [1.54, 1.807) is 6.20 Å². The van der Waals surface area contributed by atoms with Crippen molar-refractivity contribution < 1.29 is 10.0 Å². The van der Waals surface area contributed by atoms with E-state index in [1.165, 1.54) is 6.20 Å². The maximum Gasteiger partial charge on any atom is 0.235 e. The van der Waals surface area contributed by atoms with Gasteiger partial charge in [0.2, 0.25) is 5.91 Å². The number of rotatable bonds is 5. The number of carbonyl (C=O) groups excluding carboxylic acids is 1. The number of hydrogen-bond donors (Lipinski definition) is 4. The first-order chi connectivity index (χ1) is 7.69. The fraction of sp³-hybridized carbons (Fsp3) is 0.444. The largest absolute Gasteiger partial charge is 0.409 e. The SMILES string of the molecule is CCCC(C(=O)Nc1cn[nH]c1)C(N)=NO. The standard InChI is InChI=1S/C9H15N5O2/c1-2-3-7(8(10)14-16)9(15)13-6-4-11-12-5-6/h4-5,7,16H,2-3H2,1H3,(H2,10,14)(H,11,12)(H,13,15). The minimum Gasteiger partial charge on any atom is -0.409 e. The van der Waals surface area contributed by atoms with Crippen molar-refractivity contribution in [1.82, 2.24) is 10.2 Å². The summed E-state index contributed by atoms with van der Waals surface area (Å²) in [6.07, 6.45) is 4.32. The number of amidine groups is 1. The van der Waals surface area contributed by atoms with Gasteiger partial charge in [-0.3, -0.25) is 9.89 Å². The van der Waals surface area contributed by atoms with E-state index < -0.39 is 5.92 Å². The van der Waals surface area contributed by atoms with Gasteiger partial charge in [0.1, 0.15) is 0 Å². The van der Waals surface area contributed by atoms with Crippen LogP contribution in [0.1, 0.15) is 19.8 Å². The molecular formula is C9H15N5O2. The number of nitrogens with zero attached hydrogens (tertiary/aromatic N) is 2. The third kappa shape index (κ3) is 2.97. The fourth-order valence-corrected chi connectivity index (χ4v) is 1.32. The van der Waals surface area contributed by atoms with Gasteiger partial charge >= 0.3 is 0 Å². The van der Waals surface area contributed by atoms with Crippen molar-refractivity contribution in [3.05, 3.63) is 12.4 Å². The van der Waals surface area contributed by atoms with Gasteiger partial charge in [-0.2, -0.15) is 5.10 Å². The molecule has 7 heteroatoms. The molecule has 1 aromatic heterocycles. The molecular weight excluding hydrogens is 210 g/mol.